The van der Waals surface area contributed by atoms with Crippen LogP contribution >= 0.6 is 0 Å². The van der Waals surface area contributed by atoms with Crippen LogP contribution in [0.1, 0.15) is 39.0 Å². The first-order valence-corrected chi connectivity index (χ1v) is 7.46. The highest BCUT2D eigenvalue weighted by Crippen LogP contribution is 2.21. The number of hydrogen-bond acceptors (Lipinski definition) is 3. The summed E-state index contributed by atoms with van der Waals surface area (Å²) in [7, 11) is 2.36. The summed E-state index contributed by atoms with van der Waals surface area (Å²) >= 11 is 0. The fourth-order valence-electron chi connectivity index (χ4n) is 3.38. The summed E-state index contributed by atoms with van der Waals surface area (Å²) in [4.78, 5) is 5.32. The highest BCUT2D eigenvalue weighted by Gasteiger charge is 2.27. The van der Waals surface area contributed by atoms with Crippen molar-refractivity contribution in [2.24, 2.45) is 0 Å². The van der Waals surface area contributed by atoms with Crippen LogP contribution in [0.15, 0.2) is 0 Å². The molecule has 0 aliphatic carbocycles. The minimum atomic E-state index is 0.832. The van der Waals surface area contributed by atoms with E-state index in [4.69, 9.17) is 0 Å². The molecule has 2 heterocycles. The number of nitrogens with one attached hydrogen (secondary N) is 1. The van der Waals surface area contributed by atoms with Gasteiger partial charge in [0.2, 0.25) is 0 Å². The van der Waals surface area contributed by atoms with Crippen LogP contribution in [0.5, 0.6) is 0 Å². The number of rotatable bonds is 4. The van der Waals surface area contributed by atoms with E-state index in [0.717, 1.165) is 12.1 Å². The number of likely N-dealkylation sites (tertiary alicyclic amines) is 1. The van der Waals surface area contributed by atoms with E-state index in [1.807, 2.05) is 0 Å². The minimum absolute atomic E-state index is 0.832. The first-order chi connectivity index (χ1) is 8.31. The van der Waals surface area contributed by atoms with Crippen molar-refractivity contribution in [1.29, 1.82) is 0 Å². The van der Waals surface area contributed by atoms with Gasteiger partial charge in [0.1, 0.15) is 0 Å². The Labute approximate surface area is 107 Å². The van der Waals surface area contributed by atoms with Crippen molar-refractivity contribution < 1.29 is 0 Å². The largest absolute Gasteiger partial charge is 0.317 e. The normalized spacial score (nSPS) is 25.6. The Morgan fingerprint density at radius 3 is 2.24 bits per heavy atom. The number of piperidine rings is 2. The van der Waals surface area contributed by atoms with Crippen LogP contribution in [0.3, 0.4) is 0 Å². The van der Waals surface area contributed by atoms with Gasteiger partial charge in [-0.2, -0.15) is 0 Å². The Kier molecular flexibility index (Phi) is 5.26. The average Bonchev–Trinajstić information content (AvgIpc) is 2.40. The third-order valence-corrected chi connectivity index (χ3v) is 4.56. The van der Waals surface area contributed by atoms with Crippen molar-refractivity contribution in [1.82, 2.24) is 15.1 Å². The van der Waals surface area contributed by atoms with Gasteiger partial charge in [-0.3, -0.25) is 0 Å². The van der Waals surface area contributed by atoms with Gasteiger partial charge in [-0.15, -0.1) is 0 Å². The summed E-state index contributed by atoms with van der Waals surface area (Å²) in [6, 6.07) is 1.67. The van der Waals surface area contributed by atoms with Crippen molar-refractivity contribution in [2.75, 3.05) is 39.8 Å². The molecule has 0 amide bonds. The summed E-state index contributed by atoms with van der Waals surface area (Å²) in [5.74, 6) is 0. The van der Waals surface area contributed by atoms with E-state index in [1.165, 1.54) is 64.8 Å². The van der Waals surface area contributed by atoms with E-state index in [0.29, 0.717) is 0 Å². The van der Waals surface area contributed by atoms with E-state index >= 15 is 0 Å². The molecule has 0 saturated carbocycles. The minimum Gasteiger partial charge on any atom is -0.317 e. The first kappa shape index (κ1) is 13.3. The molecule has 0 aromatic carbocycles. The summed E-state index contributed by atoms with van der Waals surface area (Å²) in [6.45, 7) is 8.63. The molecule has 100 valence electrons. The summed E-state index contributed by atoms with van der Waals surface area (Å²) in [6.07, 6.45) is 6.73. The van der Waals surface area contributed by atoms with E-state index in [2.05, 4.69) is 29.1 Å². The topological polar surface area (TPSA) is 18.5 Å². The molecule has 2 aliphatic heterocycles. The zero-order valence-corrected chi connectivity index (χ0v) is 11.6. The second-order valence-corrected chi connectivity index (χ2v) is 5.72. The summed E-state index contributed by atoms with van der Waals surface area (Å²) < 4.78 is 0. The van der Waals surface area contributed by atoms with E-state index in [9.17, 15) is 0 Å². The van der Waals surface area contributed by atoms with Crippen molar-refractivity contribution in [3.63, 3.8) is 0 Å². The number of hydrogen-bond donors (Lipinski definition) is 1. The van der Waals surface area contributed by atoms with Gasteiger partial charge in [0.25, 0.3) is 0 Å². The molecule has 0 radical (unpaired) electrons. The van der Waals surface area contributed by atoms with E-state index in [-0.39, 0.29) is 0 Å². The zero-order chi connectivity index (χ0) is 12.1. The third kappa shape index (κ3) is 3.67. The SMILES string of the molecule is CCCN1CCC(N(C)C2CCNCC2)CC1. The lowest BCUT2D eigenvalue weighted by atomic mass is 9.98. The van der Waals surface area contributed by atoms with Crippen molar-refractivity contribution in [2.45, 2.75) is 51.1 Å². The third-order valence-electron chi connectivity index (χ3n) is 4.56. The van der Waals surface area contributed by atoms with Gasteiger partial charge in [-0.25, -0.2) is 0 Å². The molecule has 2 saturated heterocycles. The van der Waals surface area contributed by atoms with Crippen LogP contribution in [-0.2, 0) is 0 Å². The van der Waals surface area contributed by atoms with Gasteiger partial charge in [0.15, 0.2) is 0 Å². The van der Waals surface area contributed by atoms with Crippen molar-refractivity contribution in [3.8, 4) is 0 Å². The van der Waals surface area contributed by atoms with Crippen LogP contribution in [-0.4, -0.2) is 61.7 Å². The van der Waals surface area contributed by atoms with E-state index in [1.54, 1.807) is 0 Å². The van der Waals surface area contributed by atoms with Gasteiger partial charge in [-0.1, -0.05) is 6.92 Å². The van der Waals surface area contributed by atoms with Gasteiger partial charge in [0.05, 0.1) is 0 Å². The average molecular weight is 239 g/mol. The van der Waals surface area contributed by atoms with Gasteiger partial charge < -0.3 is 15.1 Å². The molecule has 1 N–H and O–H groups in total. The highest BCUT2D eigenvalue weighted by molar-refractivity contribution is 4.84. The van der Waals surface area contributed by atoms with Crippen LogP contribution in [0.4, 0.5) is 0 Å². The Morgan fingerprint density at radius 1 is 1.06 bits per heavy atom. The lowest BCUT2D eigenvalue weighted by molar-refractivity contribution is 0.0830. The second kappa shape index (κ2) is 6.72. The van der Waals surface area contributed by atoms with Crippen molar-refractivity contribution in [3.05, 3.63) is 0 Å². The molecular weight excluding hydrogens is 210 g/mol. The van der Waals surface area contributed by atoms with Crippen LogP contribution in [0.25, 0.3) is 0 Å². The lowest BCUT2D eigenvalue weighted by Gasteiger charge is -2.41. The van der Waals surface area contributed by atoms with Crippen molar-refractivity contribution >= 4 is 0 Å². The highest BCUT2D eigenvalue weighted by atomic mass is 15.2. The summed E-state index contributed by atoms with van der Waals surface area (Å²) in [5.41, 5.74) is 0. The number of nitrogens with zero attached hydrogens (tertiary/aromatic N) is 2. The smallest absolute Gasteiger partial charge is 0.0119 e. The van der Waals surface area contributed by atoms with Gasteiger partial charge in [-0.05, 0) is 71.9 Å². The maximum atomic E-state index is 3.46. The van der Waals surface area contributed by atoms with Gasteiger partial charge >= 0.3 is 0 Å². The monoisotopic (exact) mass is 239 g/mol. The van der Waals surface area contributed by atoms with Gasteiger partial charge in [0, 0.05) is 12.1 Å². The first-order valence-electron chi connectivity index (χ1n) is 7.46. The molecule has 0 spiro atoms. The summed E-state index contributed by atoms with van der Waals surface area (Å²) in [5, 5.41) is 3.46. The molecule has 0 aromatic heterocycles. The Morgan fingerprint density at radius 2 is 1.65 bits per heavy atom. The fourth-order valence-corrected chi connectivity index (χ4v) is 3.38. The predicted octanol–water partition coefficient (Wildman–Crippen LogP) is 1.54. The molecule has 0 atom stereocenters. The van der Waals surface area contributed by atoms with Crippen LogP contribution < -0.4 is 5.32 Å². The molecule has 0 aromatic rings. The standard InChI is InChI=1S/C14H29N3/c1-3-10-17-11-6-14(7-12-17)16(2)13-4-8-15-9-5-13/h13-15H,3-12H2,1-2H3. The molecule has 0 unspecified atom stereocenters. The lowest BCUT2D eigenvalue weighted by Crippen LogP contribution is -2.50. The molecule has 2 fully saturated rings. The van der Waals surface area contributed by atoms with Crippen LogP contribution in [0, 0.1) is 0 Å². The maximum absolute atomic E-state index is 3.46. The molecule has 3 heteroatoms. The zero-order valence-electron chi connectivity index (χ0n) is 11.6. The Bertz CT molecular complexity index is 206. The molecule has 0 bridgehead atoms. The molecule has 2 aliphatic rings. The van der Waals surface area contributed by atoms with E-state index < -0.39 is 0 Å². The molecule has 3 nitrogen and oxygen atoms in total. The maximum Gasteiger partial charge on any atom is 0.0119 e. The molecule has 17 heavy (non-hydrogen) atoms. The quantitative estimate of drug-likeness (QED) is 0.803. The predicted molar refractivity (Wildman–Crippen MR) is 73.4 cm³/mol. The van der Waals surface area contributed by atoms with Crippen LogP contribution in [0.2, 0.25) is 0 Å². The Hall–Kier alpha value is -0.120. The second-order valence-electron chi connectivity index (χ2n) is 5.72. The fraction of sp³-hybridized carbons (Fsp3) is 1.00. The molecule has 2 rings (SSSR count). The Balaban J connectivity index is 1.75. The molecular formula is C14H29N3.